The standard InChI is InChI=1S/C27H29F4N3O6S/c1-16-12-19(40-15-18(36)14-35)13-17(2)20(16)6-11-41(38,39)34-9-7-26(8-10-34)25(37)32-24(33-26)21-4-3-5-22(23(21)28)27(29,30)31/h3-6,11-13,18,35-36H,7-10,14-15H2,1-2H3,(H,32,33,37)/t18-/m0/s1. The first-order valence-electron chi connectivity index (χ1n) is 12.7. The van der Waals surface area contributed by atoms with Crippen LogP contribution in [0.5, 0.6) is 5.75 Å². The van der Waals surface area contributed by atoms with Crippen LogP contribution < -0.4 is 10.1 Å². The Bertz CT molecular complexity index is 1480. The molecule has 3 N–H and O–H groups in total. The number of nitrogens with zero attached hydrogens (tertiary/aromatic N) is 2. The fourth-order valence-corrected chi connectivity index (χ4v) is 5.97. The van der Waals surface area contributed by atoms with Gasteiger partial charge in [0.05, 0.1) is 17.7 Å². The lowest BCUT2D eigenvalue weighted by atomic mass is 9.89. The molecular formula is C27H29F4N3O6S. The summed E-state index contributed by atoms with van der Waals surface area (Å²) in [6, 6.07) is 6.06. The molecule has 0 unspecified atom stereocenters. The maximum Gasteiger partial charge on any atom is 0.419 e. The number of ether oxygens (including phenoxy) is 1. The number of rotatable bonds is 8. The molecule has 0 saturated carbocycles. The molecule has 0 bridgehead atoms. The second kappa shape index (κ2) is 11.5. The Labute approximate surface area is 234 Å². The number of amidine groups is 1. The highest BCUT2D eigenvalue weighted by molar-refractivity contribution is 7.92. The number of benzene rings is 2. The van der Waals surface area contributed by atoms with Crippen LogP contribution in [-0.4, -0.2) is 72.6 Å². The van der Waals surface area contributed by atoms with Crippen LogP contribution in [-0.2, 0) is 21.0 Å². The summed E-state index contributed by atoms with van der Waals surface area (Å²) < 4.78 is 86.9. The summed E-state index contributed by atoms with van der Waals surface area (Å²) >= 11 is 0. The molecular weight excluding hydrogens is 570 g/mol. The predicted octanol–water partition coefficient (Wildman–Crippen LogP) is 2.91. The summed E-state index contributed by atoms with van der Waals surface area (Å²) in [4.78, 5) is 17.1. The van der Waals surface area contributed by atoms with Crippen molar-refractivity contribution < 1.29 is 45.7 Å². The van der Waals surface area contributed by atoms with Crippen molar-refractivity contribution >= 4 is 27.8 Å². The van der Waals surface area contributed by atoms with Gasteiger partial charge in [-0.15, -0.1) is 0 Å². The first kappa shape index (κ1) is 30.6. The van der Waals surface area contributed by atoms with E-state index < -0.39 is 57.3 Å². The van der Waals surface area contributed by atoms with Gasteiger partial charge in [0.15, 0.2) is 0 Å². The third-order valence-corrected chi connectivity index (χ3v) is 8.64. The van der Waals surface area contributed by atoms with Gasteiger partial charge in [0.2, 0.25) is 10.0 Å². The molecule has 2 aromatic carbocycles. The summed E-state index contributed by atoms with van der Waals surface area (Å²) in [5.74, 6) is -2.04. The van der Waals surface area contributed by atoms with E-state index in [-0.39, 0.29) is 38.4 Å². The Morgan fingerprint density at radius 3 is 2.41 bits per heavy atom. The monoisotopic (exact) mass is 599 g/mol. The van der Waals surface area contributed by atoms with Crippen molar-refractivity contribution in [2.75, 3.05) is 26.3 Å². The third kappa shape index (κ3) is 6.45. The minimum Gasteiger partial charge on any atom is -0.491 e. The number of alkyl halides is 3. The minimum absolute atomic E-state index is 0.0419. The Balaban J connectivity index is 1.47. The van der Waals surface area contributed by atoms with Gasteiger partial charge in [0.25, 0.3) is 5.91 Å². The average Bonchev–Trinajstić information content (AvgIpc) is 3.21. The first-order valence-corrected chi connectivity index (χ1v) is 14.2. The summed E-state index contributed by atoms with van der Waals surface area (Å²) in [5, 5.41) is 21.8. The maximum atomic E-state index is 14.6. The van der Waals surface area contributed by atoms with Crippen LogP contribution in [0.2, 0.25) is 0 Å². The zero-order valence-corrected chi connectivity index (χ0v) is 23.0. The second-order valence-corrected chi connectivity index (χ2v) is 11.8. The van der Waals surface area contributed by atoms with Gasteiger partial charge >= 0.3 is 6.18 Å². The summed E-state index contributed by atoms with van der Waals surface area (Å²) in [7, 11) is -3.91. The van der Waals surface area contributed by atoms with Crippen LogP contribution in [0.4, 0.5) is 17.6 Å². The average molecular weight is 600 g/mol. The SMILES string of the molecule is Cc1cc(OC[C@@H](O)CO)cc(C)c1C=CS(=O)(=O)N1CCC2(CC1)N=C(c1cccc(C(F)(F)F)c1F)NC2=O. The Morgan fingerprint density at radius 1 is 1.20 bits per heavy atom. The molecule has 14 heteroatoms. The molecule has 41 heavy (non-hydrogen) atoms. The number of sulfonamides is 1. The number of carbonyl (C=O) groups excluding carboxylic acids is 1. The van der Waals surface area contributed by atoms with E-state index in [9.17, 15) is 35.9 Å². The molecule has 2 heterocycles. The highest BCUT2D eigenvalue weighted by Crippen LogP contribution is 2.36. The molecule has 2 aliphatic heterocycles. The zero-order chi connectivity index (χ0) is 30.2. The molecule has 1 amide bonds. The van der Waals surface area contributed by atoms with Crippen molar-refractivity contribution in [2.45, 2.75) is 44.5 Å². The molecule has 1 saturated heterocycles. The Kier molecular flexibility index (Phi) is 8.60. The van der Waals surface area contributed by atoms with Gasteiger partial charge in [0.1, 0.15) is 35.7 Å². The first-order chi connectivity index (χ1) is 19.2. The van der Waals surface area contributed by atoms with Crippen LogP contribution in [0.25, 0.3) is 6.08 Å². The van der Waals surface area contributed by atoms with E-state index in [0.717, 1.165) is 17.5 Å². The Hall–Kier alpha value is -3.33. The quantitative estimate of drug-likeness (QED) is 0.401. The van der Waals surface area contributed by atoms with Crippen LogP contribution in [0.15, 0.2) is 40.7 Å². The van der Waals surface area contributed by atoms with Gasteiger partial charge < -0.3 is 20.3 Å². The lowest BCUT2D eigenvalue weighted by molar-refractivity contribution is -0.140. The molecule has 0 aromatic heterocycles. The van der Waals surface area contributed by atoms with Crippen LogP contribution in [0.1, 0.15) is 40.7 Å². The number of amides is 1. The number of hydrogen-bond donors (Lipinski definition) is 3. The second-order valence-electron chi connectivity index (χ2n) is 9.98. The van der Waals surface area contributed by atoms with Crippen LogP contribution in [0, 0.1) is 19.7 Å². The fourth-order valence-electron chi connectivity index (χ4n) is 4.79. The predicted molar refractivity (Wildman–Crippen MR) is 142 cm³/mol. The molecule has 9 nitrogen and oxygen atoms in total. The molecule has 0 aliphatic carbocycles. The van der Waals surface area contributed by atoms with Gasteiger partial charge in [-0.2, -0.15) is 17.5 Å². The number of piperidine rings is 1. The maximum absolute atomic E-state index is 14.6. The number of halogens is 4. The Morgan fingerprint density at radius 2 is 1.83 bits per heavy atom. The van der Waals surface area contributed by atoms with Gasteiger partial charge in [-0.25, -0.2) is 12.8 Å². The van der Waals surface area contributed by atoms with E-state index >= 15 is 0 Å². The molecule has 2 aliphatic rings. The number of carbonyl (C=O) groups is 1. The highest BCUT2D eigenvalue weighted by Gasteiger charge is 2.48. The van der Waals surface area contributed by atoms with Crippen LogP contribution >= 0.6 is 0 Å². The molecule has 1 fully saturated rings. The van der Waals surface area contributed by atoms with Crippen molar-refractivity contribution in [1.29, 1.82) is 0 Å². The van der Waals surface area contributed by atoms with Gasteiger partial charge in [-0.05, 0) is 73.7 Å². The summed E-state index contributed by atoms with van der Waals surface area (Å²) in [6.45, 7) is 2.82. The van der Waals surface area contributed by atoms with E-state index in [2.05, 4.69) is 10.3 Å². The van der Waals surface area contributed by atoms with Crippen LogP contribution in [0.3, 0.4) is 0 Å². The van der Waals surface area contributed by atoms with Crippen molar-refractivity contribution in [3.05, 3.63) is 69.4 Å². The molecule has 1 spiro atoms. The summed E-state index contributed by atoms with van der Waals surface area (Å²) in [5.41, 5.74) is -1.31. The third-order valence-electron chi connectivity index (χ3n) is 7.08. The van der Waals surface area contributed by atoms with Crippen molar-refractivity contribution in [3.8, 4) is 5.75 Å². The van der Waals surface area contributed by atoms with Crippen molar-refractivity contribution in [2.24, 2.45) is 4.99 Å². The van der Waals surface area contributed by atoms with E-state index in [0.29, 0.717) is 28.5 Å². The minimum atomic E-state index is -4.93. The lowest BCUT2D eigenvalue weighted by Gasteiger charge is -2.34. The molecule has 222 valence electrons. The van der Waals surface area contributed by atoms with Crippen molar-refractivity contribution in [3.63, 3.8) is 0 Å². The number of aliphatic hydroxyl groups is 2. The fraction of sp³-hybridized carbons (Fsp3) is 0.407. The molecule has 0 radical (unpaired) electrons. The highest BCUT2D eigenvalue weighted by atomic mass is 32.2. The van der Waals surface area contributed by atoms with Gasteiger partial charge in [0, 0.05) is 18.5 Å². The van der Waals surface area contributed by atoms with E-state index in [4.69, 9.17) is 9.84 Å². The molecule has 2 aromatic rings. The smallest absolute Gasteiger partial charge is 0.419 e. The van der Waals surface area contributed by atoms with Gasteiger partial charge in [-0.3, -0.25) is 9.79 Å². The lowest BCUT2D eigenvalue weighted by Crippen LogP contribution is -2.50. The topological polar surface area (TPSA) is 129 Å². The number of hydrogen-bond acceptors (Lipinski definition) is 7. The van der Waals surface area contributed by atoms with E-state index in [1.54, 1.807) is 26.0 Å². The normalized spacial score (nSPS) is 18.5. The summed E-state index contributed by atoms with van der Waals surface area (Å²) in [6.07, 6.45) is -4.59. The molecule has 4 rings (SSSR count). The zero-order valence-electron chi connectivity index (χ0n) is 22.2. The largest absolute Gasteiger partial charge is 0.491 e. The van der Waals surface area contributed by atoms with Crippen molar-refractivity contribution in [1.82, 2.24) is 9.62 Å². The number of aryl methyl sites for hydroxylation is 2. The number of aliphatic imine (C=N–C) groups is 1. The van der Waals surface area contributed by atoms with E-state index in [1.807, 2.05) is 0 Å². The van der Waals surface area contributed by atoms with Gasteiger partial charge in [-0.1, -0.05) is 6.07 Å². The number of nitrogens with one attached hydrogen (secondary N) is 1. The van der Waals surface area contributed by atoms with E-state index in [1.165, 1.54) is 10.4 Å². The number of aliphatic hydroxyl groups excluding tert-OH is 2. The molecule has 1 atom stereocenters.